The summed E-state index contributed by atoms with van der Waals surface area (Å²) in [7, 11) is 1.64. The Bertz CT molecular complexity index is 1170. The highest BCUT2D eigenvalue weighted by Crippen LogP contribution is 2.26. The Morgan fingerprint density at radius 1 is 1.09 bits per heavy atom. The van der Waals surface area contributed by atoms with Crippen LogP contribution in [0.1, 0.15) is 23.1 Å². The lowest BCUT2D eigenvalue weighted by Gasteiger charge is -2.35. The highest BCUT2D eigenvalue weighted by Gasteiger charge is 2.22. The van der Waals surface area contributed by atoms with Crippen LogP contribution >= 0.6 is 11.6 Å². The molecule has 1 amide bonds. The monoisotopic (exact) mass is 454 g/mol. The maximum absolute atomic E-state index is 12.7. The van der Waals surface area contributed by atoms with Gasteiger partial charge in [0.2, 0.25) is 5.91 Å². The molecule has 7 heteroatoms. The summed E-state index contributed by atoms with van der Waals surface area (Å²) in [5, 5.41) is 1.51. The molecule has 1 aliphatic rings. The van der Waals surface area contributed by atoms with Gasteiger partial charge in [-0.15, -0.1) is 0 Å². The van der Waals surface area contributed by atoms with E-state index in [2.05, 4.69) is 4.90 Å². The van der Waals surface area contributed by atoms with Crippen molar-refractivity contribution in [2.45, 2.75) is 26.3 Å². The molecular formula is C25H27ClN2O4. The van der Waals surface area contributed by atoms with Crippen molar-refractivity contribution in [1.29, 1.82) is 0 Å². The van der Waals surface area contributed by atoms with E-state index in [0.29, 0.717) is 36.7 Å². The second kappa shape index (κ2) is 9.76. The molecule has 0 atom stereocenters. The van der Waals surface area contributed by atoms with Crippen LogP contribution in [0.25, 0.3) is 11.0 Å². The molecule has 1 fully saturated rings. The Morgan fingerprint density at radius 3 is 2.50 bits per heavy atom. The molecule has 0 unspecified atom stereocenters. The Morgan fingerprint density at radius 2 is 1.81 bits per heavy atom. The van der Waals surface area contributed by atoms with Crippen LogP contribution in [0, 0.1) is 6.92 Å². The standard InChI is InChI=1S/C25H27ClN2O4/c1-17-13-23-21(15-22(17)26)19(14-25(30)32-23)16-27-9-11-28(12-10-27)24(29)8-5-18-3-6-20(31-2)7-4-18/h3-4,6-7,13-15H,5,8-12,16H2,1-2H3. The summed E-state index contributed by atoms with van der Waals surface area (Å²) in [6.07, 6.45) is 1.21. The molecule has 2 aromatic carbocycles. The van der Waals surface area contributed by atoms with Gasteiger partial charge in [-0.1, -0.05) is 23.7 Å². The fraction of sp³-hybridized carbons (Fsp3) is 0.360. The Kier molecular flexibility index (Phi) is 6.82. The minimum atomic E-state index is -0.360. The molecule has 32 heavy (non-hydrogen) atoms. The van der Waals surface area contributed by atoms with E-state index in [1.807, 2.05) is 48.2 Å². The fourth-order valence-electron chi connectivity index (χ4n) is 4.08. The molecule has 168 valence electrons. The molecule has 0 spiro atoms. The third kappa shape index (κ3) is 5.14. The molecule has 2 heterocycles. The SMILES string of the molecule is COc1ccc(CCC(=O)N2CCN(Cc3cc(=O)oc4cc(C)c(Cl)cc34)CC2)cc1. The van der Waals surface area contributed by atoms with Crippen molar-refractivity contribution in [3.05, 3.63) is 74.6 Å². The topological polar surface area (TPSA) is 63.0 Å². The van der Waals surface area contributed by atoms with Crippen LogP contribution in [0.4, 0.5) is 0 Å². The van der Waals surface area contributed by atoms with Gasteiger partial charge in [0.05, 0.1) is 7.11 Å². The first-order chi connectivity index (χ1) is 15.4. The zero-order valence-corrected chi connectivity index (χ0v) is 19.2. The number of rotatable bonds is 6. The largest absolute Gasteiger partial charge is 0.497 e. The van der Waals surface area contributed by atoms with Gasteiger partial charge in [-0.05, 0) is 54.3 Å². The summed E-state index contributed by atoms with van der Waals surface area (Å²) >= 11 is 6.30. The van der Waals surface area contributed by atoms with Crippen molar-refractivity contribution in [1.82, 2.24) is 9.80 Å². The van der Waals surface area contributed by atoms with Gasteiger partial charge in [0.25, 0.3) is 0 Å². The number of carbonyl (C=O) groups excluding carboxylic acids is 1. The third-order valence-electron chi connectivity index (χ3n) is 6.01. The lowest BCUT2D eigenvalue weighted by molar-refractivity contribution is -0.133. The third-order valence-corrected chi connectivity index (χ3v) is 6.42. The molecule has 3 aromatic rings. The number of piperazine rings is 1. The lowest BCUT2D eigenvalue weighted by Crippen LogP contribution is -2.48. The van der Waals surface area contributed by atoms with E-state index in [1.165, 1.54) is 0 Å². The summed E-state index contributed by atoms with van der Waals surface area (Å²) in [5.74, 6) is 0.992. The zero-order chi connectivity index (χ0) is 22.7. The van der Waals surface area contributed by atoms with Crippen LogP contribution in [0.3, 0.4) is 0 Å². The van der Waals surface area contributed by atoms with E-state index < -0.39 is 0 Å². The van der Waals surface area contributed by atoms with Crippen LogP contribution in [0.2, 0.25) is 5.02 Å². The van der Waals surface area contributed by atoms with Gasteiger partial charge < -0.3 is 14.1 Å². The number of nitrogens with zero attached hydrogens (tertiary/aromatic N) is 2. The molecule has 1 saturated heterocycles. The summed E-state index contributed by atoms with van der Waals surface area (Å²) in [6, 6.07) is 13.0. The number of benzene rings is 2. The predicted octanol–water partition coefficient (Wildman–Crippen LogP) is 4.04. The second-order valence-electron chi connectivity index (χ2n) is 8.19. The predicted molar refractivity (Wildman–Crippen MR) is 125 cm³/mol. The number of fused-ring (bicyclic) bond motifs is 1. The minimum absolute atomic E-state index is 0.175. The van der Waals surface area contributed by atoms with Crippen LogP contribution in [-0.4, -0.2) is 49.0 Å². The first kappa shape index (κ1) is 22.4. The van der Waals surface area contributed by atoms with E-state index in [-0.39, 0.29) is 11.5 Å². The van der Waals surface area contributed by atoms with Crippen molar-refractivity contribution < 1.29 is 13.9 Å². The molecule has 0 bridgehead atoms. The summed E-state index contributed by atoms with van der Waals surface area (Å²) in [5.41, 5.74) is 3.10. The second-order valence-corrected chi connectivity index (χ2v) is 8.60. The molecule has 6 nitrogen and oxygen atoms in total. The molecule has 1 aromatic heterocycles. The van der Waals surface area contributed by atoms with Crippen molar-refractivity contribution >= 4 is 28.5 Å². The van der Waals surface area contributed by atoms with E-state index >= 15 is 0 Å². The van der Waals surface area contributed by atoms with E-state index in [0.717, 1.165) is 47.3 Å². The Balaban J connectivity index is 1.34. The summed E-state index contributed by atoms with van der Waals surface area (Å²) in [4.78, 5) is 28.9. The number of amides is 1. The van der Waals surface area contributed by atoms with E-state index in [4.69, 9.17) is 20.8 Å². The Hall–Kier alpha value is -2.83. The maximum Gasteiger partial charge on any atom is 0.336 e. The van der Waals surface area contributed by atoms with Crippen LogP contribution in [0.15, 0.2) is 51.7 Å². The number of hydrogen-bond donors (Lipinski definition) is 0. The van der Waals surface area contributed by atoms with Gasteiger partial charge in [-0.2, -0.15) is 0 Å². The quantitative estimate of drug-likeness (QED) is 0.526. The van der Waals surface area contributed by atoms with Gasteiger partial charge >= 0.3 is 5.63 Å². The van der Waals surface area contributed by atoms with Crippen LogP contribution < -0.4 is 10.4 Å². The first-order valence-corrected chi connectivity index (χ1v) is 11.2. The molecule has 4 rings (SSSR count). The van der Waals surface area contributed by atoms with Gasteiger partial charge in [0, 0.05) is 55.6 Å². The van der Waals surface area contributed by atoms with Gasteiger partial charge in [0.15, 0.2) is 0 Å². The highest BCUT2D eigenvalue weighted by molar-refractivity contribution is 6.32. The summed E-state index contributed by atoms with van der Waals surface area (Å²) in [6.45, 7) is 5.39. The molecule has 0 saturated carbocycles. The van der Waals surface area contributed by atoms with Crippen LogP contribution in [-0.2, 0) is 17.8 Å². The van der Waals surface area contributed by atoms with E-state index in [9.17, 15) is 9.59 Å². The number of aryl methyl sites for hydroxylation is 2. The lowest BCUT2D eigenvalue weighted by atomic mass is 10.1. The molecule has 0 radical (unpaired) electrons. The van der Waals surface area contributed by atoms with Gasteiger partial charge in [-0.3, -0.25) is 9.69 Å². The number of methoxy groups -OCH3 is 1. The average Bonchev–Trinajstić information content (AvgIpc) is 2.79. The molecular weight excluding hydrogens is 428 g/mol. The van der Waals surface area contributed by atoms with Crippen LogP contribution in [0.5, 0.6) is 5.75 Å². The number of hydrogen-bond acceptors (Lipinski definition) is 5. The minimum Gasteiger partial charge on any atom is -0.497 e. The first-order valence-electron chi connectivity index (χ1n) is 10.8. The fourth-order valence-corrected chi connectivity index (χ4v) is 4.24. The van der Waals surface area contributed by atoms with Gasteiger partial charge in [0.1, 0.15) is 11.3 Å². The Labute approximate surface area is 192 Å². The molecule has 1 aliphatic heterocycles. The highest BCUT2D eigenvalue weighted by atomic mass is 35.5. The molecule has 0 N–H and O–H groups in total. The zero-order valence-electron chi connectivity index (χ0n) is 18.4. The number of carbonyl (C=O) groups is 1. The summed E-state index contributed by atoms with van der Waals surface area (Å²) < 4.78 is 10.5. The smallest absolute Gasteiger partial charge is 0.336 e. The van der Waals surface area contributed by atoms with Crippen molar-refractivity contribution in [2.24, 2.45) is 0 Å². The van der Waals surface area contributed by atoms with Crippen molar-refractivity contribution in [3.8, 4) is 5.75 Å². The van der Waals surface area contributed by atoms with Crippen molar-refractivity contribution in [2.75, 3.05) is 33.3 Å². The number of ether oxygens (including phenoxy) is 1. The maximum atomic E-state index is 12.7. The van der Waals surface area contributed by atoms with Crippen molar-refractivity contribution in [3.63, 3.8) is 0 Å². The average molecular weight is 455 g/mol. The number of halogens is 1. The molecule has 0 aliphatic carbocycles. The van der Waals surface area contributed by atoms with Gasteiger partial charge in [-0.25, -0.2) is 4.79 Å². The van der Waals surface area contributed by atoms with E-state index in [1.54, 1.807) is 13.2 Å². The normalized spacial score (nSPS) is 14.7.